The Morgan fingerprint density at radius 1 is 1.14 bits per heavy atom. The van der Waals surface area contributed by atoms with Crippen molar-refractivity contribution >= 4 is 0 Å². The summed E-state index contributed by atoms with van der Waals surface area (Å²) in [5, 5.41) is 13.5. The van der Waals surface area contributed by atoms with Gasteiger partial charge in [0.25, 0.3) is 0 Å². The van der Waals surface area contributed by atoms with Crippen molar-refractivity contribution in [2.24, 2.45) is 0 Å². The molecular formula is C18H21NO3. The highest BCUT2D eigenvalue weighted by Gasteiger charge is 2.21. The van der Waals surface area contributed by atoms with E-state index in [0.29, 0.717) is 5.75 Å². The minimum absolute atomic E-state index is 0.182. The van der Waals surface area contributed by atoms with Crippen LogP contribution in [-0.2, 0) is 12.8 Å². The molecule has 4 nitrogen and oxygen atoms in total. The zero-order valence-corrected chi connectivity index (χ0v) is 12.9. The van der Waals surface area contributed by atoms with Crippen LogP contribution in [0.3, 0.4) is 0 Å². The van der Waals surface area contributed by atoms with Crippen LogP contribution < -0.4 is 14.8 Å². The Kier molecular flexibility index (Phi) is 4.20. The molecule has 0 fully saturated rings. The van der Waals surface area contributed by atoms with Gasteiger partial charge in [-0.25, -0.2) is 0 Å². The lowest BCUT2D eigenvalue weighted by molar-refractivity contribution is 0.372. The van der Waals surface area contributed by atoms with Crippen LogP contribution in [0.1, 0.15) is 22.7 Å². The maximum Gasteiger partial charge on any atom is 0.160 e. The lowest BCUT2D eigenvalue weighted by Crippen LogP contribution is -2.31. The molecule has 3 rings (SSSR count). The fourth-order valence-electron chi connectivity index (χ4n) is 3.02. The predicted octanol–water partition coefficient (Wildman–Crippen LogP) is 2.84. The summed E-state index contributed by atoms with van der Waals surface area (Å²) in [5.41, 5.74) is 3.72. The van der Waals surface area contributed by atoms with E-state index >= 15 is 0 Å². The fourth-order valence-corrected chi connectivity index (χ4v) is 3.02. The van der Waals surface area contributed by atoms with Gasteiger partial charge in [0.2, 0.25) is 0 Å². The molecule has 0 saturated carbocycles. The van der Waals surface area contributed by atoms with Crippen LogP contribution in [0.4, 0.5) is 0 Å². The number of nitrogens with one attached hydrogen (secondary N) is 1. The van der Waals surface area contributed by atoms with E-state index < -0.39 is 0 Å². The normalized spacial score (nSPS) is 16.9. The molecule has 1 atom stereocenters. The number of hydrogen-bond donors (Lipinski definition) is 2. The number of rotatable bonds is 4. The van der Waals surface area contributed by atoms with Gasteiger partial charge >= 0.3 is 0 Å². The Balaban J connectivity index is 1.86. The van der Waals surface area contributed by atoms with Crippen molar-refractivity contribution in [2.75, 3.05) is 20.8 Å². The van der Waals surface area contributed by atoms with E-state index in [1.165, 1.54) is 11.1 Å². The summed E-state index contributed by atoms with van der Waals surface area (Å²) < 4.78 is 10.4. The summed E-state index contributed by atoms with van der Waals surface area (Å²) in [6.45, 7) is 0.964. The highest BCUT2D eigenvalue weighted by atomic mass is 16.5. The minimum atomic E-state index is 0.182. The first-order chi connectivity index (χ1) is 10.7. The largest absolute Gasteiger partial charge is 0.504 e. The monoisotopic (exact) mass is 299 g/mol. The topological polar surface area (TPSA) is 50.7 Å². The van der Waals surface area contributed by atoms with E-state index in [4.69, 9.17) is 9.47 Å². The smallest absolute Gasteiger partial charge is 0.160 e. The molecule has 1 heterocycles. The van der Waals surface area contributed by atoms with Crippen molar-refractivity contribution in [3.05, 3.63) is 53.1 Å². The van der Waals surface area contributed by atoms with Gasteiger partial charge in [-0.1, -0.05) is 12.1 Å². The Labute approximate surface area is 130 Å². The maximum atomic E-state index is 9.93. The summed E-state index contributed by atoms with van der Waals surface area (Å²) in [6, 6.07) is 12.1. The number of fused-ring (bicyclic) bond motifs is 1. The van der Waals surface area contributed by atoms with E-state index in [-0.39, 0.29) is 11.8 Å². The zero-order chi connectivity index (χ0) is 15.5. The second-order valence-corrected chi connectivity index (χ2v) is 5.53. The van der Waals surface area contributed by atoms with Crippen molar-refractivity contribution in [3.8, 4) is 17.2 Å². The number of phenols is 1. The van der Waals surface area contributed by atoms with Crippen molar-refractivity contribution in [2.45, 2.75) is 18.9 Å². The Hall–Kier alpha value is -2.20. The molecule has 4 heteroatoms. The molecule has 1 aliphatic rings. The molecule has 0 amide bonds. The second kappa shape index (κ2) is 6.28. The van der Waals surface area contributed by atoms with E-state index in [1.54, 1.807) is 26.4 Å². The van der Waals surface area contributed by atoms with Gasteiger partial charge in [-0.05, 0) is 60.3 Å². The summed E-state index contributed by atoms with van der Waals surface area (Å²) in [5.74, 6) is 1.56. The molecular weight excluding hydrogens is 278 g/mol. The van der Waals surface area contributed by atoms with Crippen molar-refractivity contribution in [1.29, 1.82) is 0 Å². The first-order valence-electron chi connectivity index (χ1n) is 7.47. The molecule has 0 bridgehead atoms. The summed E-state index contributed by atoms with van der Waals surface area (Å²) in [7, 11) is 3.24. The molecule has 0 radical (unpaired) electrons. The van der Waals surface area contributed by atoms with Crippen LogP contribution >= 0.6 is 0 Å². The quantitative estimate of drug-likeness (QED) is 0.911. The lowest BCUT2D eigenvalue weighted by Gasteiger charge is -2.27. The predicted molar refractivity (Wildman–Crippen MR) is 85.8 cm³/mol. The fraction of sp³-hybridized carbons (Fsp3) is 0.333. The highest BCUT2D eigenvalue weighted by Crippen LogP contribution is 2.32. The number of phenolic OH excluding ortho intramolecular Hbond substituents is 1. The second-order valence-electron chi connectivity index (χ2n) is 5.53. The third-order valence-electron chi connectivity index (χ3n) is 4.20. The molecule has 116 valence electrons. The molecule has 0 aromatic heterocycles. The summed E-state index contributed by atoms with van der Waals surface area (Å²) in [4.78, 5) is 0. The number of aromatic hydroxyl groups is 1. The van der Waals surface area contributed by atoms with Crippen LogP contribution in [0.25, 0.3) is 0 Å². The summed E-state index contributed by atoms with van der Waals surface area (Å²) >= 11 is 0. The lowest BCUT2D eigenvalue weighted by atomic mass is 9.90. The third-order valence-corrected chi connectivity index (χ3v) is 4.20. The molecule has 1 unspecified atom stereocenters. The average Bonchev–Trinajstić information content (AvgIpc) is 2.55. The zero-order valence-electron chi connectivity index (χ0n) is 12.9. The van der Waals surface area contributed by atoms with Gasteiger partial charge in [-0.15, -0.1) is 0 Å². The average molecular weight is 299 g/mol. The Bertz CT molecular complexity index is 669. The number of ether oxygens (including phenoxy) is 2. The van der Waals surface area contributed by atoms with Gasteiger partial charge in [0.15, 0.2) is 11.5 Å². The maximum absolute atomic E-state index is 9.93. The van der Waals surface area contributed by atoms with Crippen molar-refractivity contribution in [1.82, 2.24) is 5.32 Å². The van der Waals surface area contributed by atoms with Gasteiger partial charge in [0.05, 0.1) is 14.2 Å². The van der Waals surface area contributed by atoms with Crippen LogP contribution in [0.15, 0.2) is 36.4 Å². The van der Waals surface area contributed by atoms with E-state index in [0.717, 1.165) is 30.7 Å². The molecule has 1 aliphatic heterocycles. The van der Waals surface area contributed by atoms with Crippen LogP contribution in [0.2, 0.25) is 0 Å². The highest BCUT2D eigenvalue weighted by molar-refractivity contribution is 5.44. The third kappa shape index (κ3) is 2.88. The molecule has 0 aliphatic carbocycles. The van der Waals surface area contributed by atoms with Gasteiger partial charge in [-0.2, -0.15) is 0 Å². The van der Waals surface area contributed by atoms with Crippen molar-refractivity contribution < 1.29 is 14.6 Å². The van der Waals surface area contributed by atoms with Gasteiger partial charge in [-0.3, -0.25) is 0 Å². The van der Waals surface area contributed by atoms with Crippen LogP contribution in [0.5, 0.6) is 17.2 Å². The van der Waals surface area contributed by atoms with Gasteiger partial charge in [0.1, 0.15) is 5.75 Å². The number of benzene rings is 2. The molecule has 2 aromatic carbocycles. The molecule has 2 N–H and O–H groups in total. The van der Waals surface area contributed by atoms with E-state index in [9.17, 15) is 5.11 Å². The Morgan fingerprint density at radius 3 is 2.73 bits per heavy atom. The number of hydrogen-bond acceptors (Lipinski definition) is 4. The summed E-state index contributed by atoms with van der Waals surface area (Å²) in [6.07, 6.45) is 1.85. The van der Waals surface area contributed by atoms with Crippen LogP contribution in [0, 0.1) is 0 Å². The van der Waals surface area contributed by atoms with Gasteiger partial charge < -0.3 is 19.9 Å². The van der Waals surface area contributed by atoms with Crippen molar-refractivity contribution in [3.63, 3.8) is 0 Å². The molecule has 22 heavy (non-hydrogen) atoms. The van der Waals surface area contributed by atoms with E-state index in [2.05, 4.69) is 17.4 Å². The van der Waals surface area contributed by atoms with E-state index in [1.807, 2.05) is 12.1 Å². The SMILES string of the molecule is COc1ccc2c(c1)C(Cc1ccc(OC)c(O)c1)NCC2. The number of methoxy groups -OCH3 is 2. The molecule has 2 aromatic rings. The molecule has 0 saturated heterocycles. The Morgan fingerprint density at radius 2 is 2.00 bits per heavy atom. The first kappa shape index (κ1) is 14.7. The van der Waals surface area contributed by atoms with Crippen LogP contribution in [-0.4, -0.2) is 25.9 Å². The first-order valence-corrected chi connectivity index (χ1v) is 7.47. The van der Waals surface area contributed by atoms with Gasteiger partial charge in [0, 0.05) is 6.04 Å². The standard InChI is InChI=1S/C18H21NO3/c1-21-14-5-4-13-7-8-19-16(15(13)11-14)9-12-3-6-18(22-2)17(20)10-12/h3-6,10-11,16,19-20H,7-9H2,1-2H3. The molecule has 0 spiro atoms. The minimum Gasteiger partial charge on any atom is -0.504 e.